The smallest absolute Gasteiger partial charge is 0.0508 e. The minimum atomic E-state index is 1.07. The molecule has 0 bridgehead atoms. The molecule has 0 radical (unpaired) electrons. The van der Waals surface area contributed by atoms with Crippen molar-refractivity contribution in [3.05, 3.63) is 54.1 Å². The summed E-state index contributed by atoms with van der Waals surface area (Å²) in [5.41, 5.74) is 2.68. The zero-order valence-corrected chi connectivity index (χ0v) is 13.3. The number of rotatable bonds is 3. The second-order valence-corrected chi connectivity index (χ2v) is 6.59. The summed E-state index contributed by atoms with van der Waals surface area (Å²) in [5, 5.41) is 3.48. The van der Waals surface area contributed by atoms with Crippen molar-refractivity contribution in [1.82, 2.24) is 5.32 Å². The second kappa shape index (κ2) is 7.01. The predicted molar refractivity (Wildman–Crippen MR) is 91.4 cm³/mol. The van der Waals surface area contributed by atoms with E-state index in [1.807, 2.05) is 11.8 Å². The summed E-state index contributed by atoms with van der Waals surface area (Å²) in [6, 6.07) is 17.5. The average Bonchev–Trinajstić information content (AvgIpc) is 2.77. The second-order valence-electron chi connectivity index (χ2n) is 5.48. The molecule has 2 aromatic rings. The first kappa shape index (κ1) is 14.5. The number of aryl methyl sites for hydroxylation is 1. The molecule has 3 rings (SSSR count). The van der Waals surface area contributed by atoms with Gasteiger partial charge < -0.3 is 10.2 Å². The maximum absolute atomic E-state index is 3.48. The molecule has 3 heteroatoms. The van der Waals surface area contributed by atoms with Crippen molar-refractivity contribution in [2.45, 2.75) is 23.1 Å². The molecule has 1 heterocycles. The molecule has 1 aliphatic heterocycles. The van der Waals surface area contributed by atoms with Gasteiger partial charge in [-0.15, -0.1) is 0 Å². The first-order valence-electron chi connectivity index (χ1n) is 7.62. The summed E-state index contributed by atoms with van der Waals surface area (Å²) in [4.78, 5) is 5.18. The van der Waals surface area contributed by atoms with Crippen LogP contribution in [0.15, 0.2) is 58.3 Å². The number of para-hydroxylation sites is 1. The van der Waals surface area contributed by atoms with Gasteiger partial charge in [-0.2, -0.15) is 0 Å². The van der Waals surface area contributed by atoms with Gasteiger partial charge in [-0.25, -0.2) is 0 Å². The summed E-state index contributed by atoms with van der Waals surface area (Å²) in [6.45, 7) is 6.58. The van der Waals surface area contributed by atoms with Crippen LogP contribution in [0.3, 0.4) is 0 Å². The van der Waals surface area contributed by atoms with Gasteiger partial charge >= 0.3 is 0 Å². The molecule has 0 saturated carbocycles. The molecular formula is C18H22N2S. The van der Waals surface area contributed by atoms with Gasteiger partial charge in [0, 0.05) is 29.4 Å². The molecular weight excluding hydrogens is 276 g/mol. The quantitative estimate of drug-likeness (QED) is 0.924. The fourth-order valence-electron chi connectivity index (χ4n) is 2.70. The molecule has 1 N–H and O–H groups in total. The molecule has 1 fully saturated rings. The predicted octanol–water partition coefficient (Wildman–Crippen LogP) is 3.95. The Bertz CT molecular complexity index is 589. The van der Waals surface area contributed by atoms with E-state index in [4.69, 9.17) is 0 Å². The fraction of sp³-hybridized carbons (Fsp3) is 0.333. The van der Waals surface area contributed by atoms with Crippen LogP contribution in [0.4, 0.5) is 5.69 Å². The van der Waals surface area contributed by atoms with Crippen molar-refractivity contribution < 1.29 is 0 Å². The summed E-state index contributed by atoms with van der Waals surface area (Å²) in [5.74, 6) is 0. The Morgan fingerprint density at radius 1 is 1.00 bits per heavy atom. The molecule has 0 aromatic heterocycles. The van der Waals surface area contributed by atoms with Crippen LogP contribution in [-0.2, 0) is 0 Å². The number of anilines is 1. The van der Waals surface area contributed by atoms with Crippen molar-refractivity contribution in [2.24, 2.45) is 0 Å². The lowest BCUT2D eigenvalue weighted by Gasteiger charge is -2.24. The molecule has 0 amide bonds. The van der Waals surface area contributed by atoms with E-state index in [1.54, 1.807) is 0 Å². The lowest BCUT2D eigenvalue weighted by Crippen LogP contribution is -2.28. The molecule has 0 atom stereocenters. The number of hydrogen-bond donors (Lipinski definition) is 1. The molecule has 21 heavy (non-hydrogen) atoms. The van der Waals surface area contributed by atoms with E-state index in [0.717, 1.165) is 26.2 Å². The molecule has 2 nitrogen and oxygen atoms in total. The highest BCUT2D eigenvalue weighted by Crippen LogP contribution is 2.35. The number of nitrogens with one attached hydrogen (secondary N) is 1. The lowest BCUT2D eigenvalue weighted by atomic mass is 10.2. The van der Waals surface area contributed by atoms with Gasteiger partial charge in [0.25, 0.3) is 0 Å². The van der Waals surface area contributed by atoms with Gasteiger partial charge in [-0.05, 0) is 44.2 Å². The Balaban J connectivity index is 1.85. The number of benzene rings is 2. The first-order chi connectivity index (χ1) is 10.3. The van der Waals surface area contributed by atoms with Gasteiger partial charge in [0.1, 0.15) is 0 Å². The highest BCUT2D eigenvalue weighted by Gasteiger charge is 2.13. The number of nitrogens with zero attached hydrogens (tertiary/aromatic N) is 1. The summed E-state index contributed by atoms with van der Waals surface area (Å²) in [7, 11) is 0. The maximum atomic E-state index is 3.48. The van der Waals surface area contributed by atoms with Crippen LogP contribution in [-0.4, -0.2) is 26.2 Å². The van der Waals surface area contributed by atoms with Crippen LogP contribution in [0.5, 0.6) is 0 Å². The van der Waals surface area contributed by atoms with E-state index in [1.165, 1.54) is 27.5 Å². The Labute approximate surface area is 131 Å². The third kappa shape index (κ3) is 3.80. The van der Waals surface area contributed by atoms with Crippen LogP contribution in [0.1, 0.15) is 12.0 Å². The lowest BCUT2D eigenvalue weighted by molar-refractivity contribution is 0.724. The van der Waals surface area contributed by atoms with Crippen LogP contribution in [0.2, 0.25) is 0 Å². The van der Waals surface area contributed by atoms with Crippen molar-refractivity contribution in [2.75, 3.05) is 31.1 Å². The van der Waals surface area contributed by atoms with Gasteiger partial charge in [0.05, 0.1) is 5.69 Å². The highest BCUT2D eigenvalue weighted by atomic mass is 32.2. The van der Waals surface area contributed by atoms with E-state index >= 15 is 0 Å². The normalized spacial score (nSPS) is 15.8. The Hall–Kier alpha value is -1.45. The minimum Gasteiger partial charge on any atom is -0.369 e. The van der Waals surface area contributed by atoms with Gasteiger partial charge in [0.15, 0.2) is 0 Å². The standard InChI is InChI=1S/C18H22N2S/c1-15-6-4-7-16(14-15)21-18-9-3-2-8-17(18)20-12-5-10-19-11-13-20/h2-4,6-9,14,19H,5,10-13H2,1H3. The van der Waals surface area contributed by atoms with Gasteiger partial charge in [-0.1, -0.05) is 41.6 Å². The highest BCUT2D eigenvalue weighted by molar-refractivity contribution is 7.99. The third-order valence-electron chi connectivity index (χ3n) is 3.76. The van der Waals surface area contributed by atoms with Crippen molar-refractivity contribution in [3.63, 3.8) is 0 Å². The minimum absolute atomic E-state index is 1.07. The van der Waals surface area contributed by atoms with E-state index < -0.39 is 0 Å². The monoisotopic (exact) mass is 298 g/mol. The Morgan fingerprint density at radius 3 is 2.81 bits per heavy atom. The van der Waals surface area contributed by atoms with Crippen molar-refractivity contribution in [3.8, 4) is 0 Å². The van der Waals surface area contributed by atoms with Crippen molar-refractivity contribution in [1.29, 1.82) is 0 Å². The zero-order chi connectivity index (χ0) is 14.5. The average molecular weight is 298 g/mol. The van der Waals surface area contributed by atoms with Crippen LogP contribution >= 0.6 is 11.8 Å². The van der Waals surface area contributed by atoms with Crippen LogP contribution in [0, 0.1) is 6.92 Å². The third-order valence-corrected chi connectivity index (χ3v) is 4.82. The summed E-state index contributed by atoms with van der Waals surface area (Å²) in [6.07, 6.45) is 1.21. The molecule has 1 aliphatic rings. The van der Waals surface area contributed by atoms with Crippen LogP contribution in [0.25, 0.3) is 0 Å². The van der Waals surface area contributed by atoms with Gasteiger partial charge in [-0.3, -0.25) is 0 Å². The summed E-state index contributed by atoms with van der Waals surface area (Å²) >= 11 is 1.87. The fourth-order valence-corrected chi connectivity index (χ4v) is 3.79. The molecule has 2 aromatic carbocycles. The topological polar surface area (TPSA) is 15.3 Å². The molecule has 0 spiro atoms. The SMILES string of the molecule is Cc1cccc(Sc2ccccc2N2CCCNCC2)c1. The number of hydrogen-bond acceptors (Lipinski definition) is 3. The maximum Gasteiger partial charge on any atom is 0.0508 e. The largest absolute Gasteiger partial charge is 0.369 e. The van der Waals surface area contributed by atoms with E-state index in [2.05, 4.69) is 65.7 Å². The zero-order valence-electron chi connectivity index (χ0n) is 12.5. The van der Waals surface area contributed by atoms with Crippen LogP contribution < -0.4 is 10.2 Å². The Kier molecular flexibility index (Phi) is 4.84. The molecule has 110 valence electrons. The molecule has 0 unspecified atom stereocenters. The first-order valence-corrected chi connectivity index (χ1v) is 8.44. The van der Waals surface area contributed by atoms with Crippen molar-refractivity contribution >= 4 is 17.4 Å². The van der Waals surface area contributed by atoms with E-state index in [9.17, 15) is 0 Å². The van der Waals surface area contributed by atoms with Gasteiger partial charge in [0.2, 0.25) is 0 Å². The molecule has 0 aliphatic carbocycles. The summed E-state index contributed by atoms with van der Waals surface area (Å²) < 4.78 is 0. The Morgan fingerprint density at radius 2 is 1.90 bits per heavy atom. The molecule has 1 saturated heterocycles. The van der Waals surface area contributed by atoms with E-state index in [-0.39, 0.29) is 0 Å². The van der Waals surface area contributed by atoms with E-state index in [0.29, 0.717) is 0 Å².